The summed E-state index contributed by atoms with van der Waals surface area (Å²) in [7, 11) is 0. The van der Waals surface area contributed by atoms with E-state index in [9.17, 15) is 5.11 Å². The first-order valence-electron chi connectivity index (χ1n) is 6.97. The molecule has 0 saturated carbocycles. The molecular formula is C17H15N3O2. The van der Waals surface area contributed by atoms with E-state index in [-0.39, 0.29) is 6.61 Å². The molecule has 0 aliphatic rings. The second-order valence-corrected chi connectivity index (χ2v) is 4.99. The molecule has 0 saturated heterocycles. The Balaban J connectivity index is 1.60. The van der Waals surface area contributed by atoms with E-state index < -0.39 is 6.10 Å². The van der Waals surface area contributed by atoms with Crippen molar-refractivity contribution in [3.05, 3.63) is 60.4 Å². The third kappa shape index (κ3) is 3.08. The van der Waals surface area contributed by atoms with Gasteiger partial charge in [-0.25, -0.2) is 4.98 Å². The fourth-order valence-corrected chi connectivity index (χ4v) is 2.25. The maximum atomic E-state index is 10.1. The number of hydrogen-bond donors (Lipinski definition) is 1. The minimum atomic E-state index is -0.645. The van der Waals surface area contributed by atoms with Crippen LogP contribution in [0.1, 0.15) is 5.56 Å². The molecule has 5 heteroatoms. The molecule has 110 valence electrons. The molecule has 0 radical (unpaired) electrons. The summed E-state index contributed by atoms with van der Waals surface area (Å²) in [4.78, 5) is 4.29. The Hall–Kier alpha value is -2.84. The van der Waals surface area contributed by atoms with Gasteiger partial charge >= 0.3 is 0 Å². The number of aliphatic hydroxyl groups excluding tert-OH is 1. The fraction of sp³-hybridized carbons (Fsp3) is 0.176. The number of ether oxygens (including phenoxy) is 1. The van der Waals surface area contributed by atoms with Crippen LogP contribution in [0.25, 0.3) is 11.0 Å². The highest BCUT2D eigenvalue weighted by molar-refractivity contribution is 5.74. The van der Waals surface area contributed by atoms with Crippen LogP contribution in [0.3, 0.4) is 0 Å². The van der Waals surface area contributed by atoms with Gasteiger partial charge in [0.15, 0.2) is 0 Å². The summed E-state index contributed by atoms with van der Waals surface area (Å²) in [6, 6.07) is 16.6. The second-order valence-electron chi connectivity index (χ2n) is 4.99. The Labute approximate surface area is 128 Å². The standard InChI is InChI=1S/C17H15N3O2/c18-9-13-5-7-15(8-6-13)22-11-14(21)10-20-12-19-16-3-1-2-4-17(16)20/h1-8,12,14,21H,10-11H2. The maximum Gasteiger partial charge on any atom is 0.119 e. The molecule has 1 atom stereocenters. The summed E-state index contributed by atoms with van der Waals surface area (Å²) in [5, 5.41) is 18.9. The van der Waals surface area contributed by atoms with Crippen LogP contribution in [0.15, 0.2) is 54.9 Å². The molecule has 3 aromatic rings. The van der Waals surface area contributed by atoms with Crippen LogP contribution in [0, 0.1) is 11.3 Å². The lowest BCUT2D eigenvalue weighted by Gasteiger charge is -2.13. The van der Waals surface area contributed by atoms with Gasteiger partial charge in [0.05, 0.1) is 35.5 Å². The Kier molecular flexibility index (Phi) is 4.03. The van der Waals surface area contributed by atoms with Crippen LogP contribution in [-0.4, -0.2) is 27.4 Å². The zero-order valence-corrected chi connectivity index (χ0v) is 11.9. The highest BCUT2D eigenvalue weighted by Crippen LogP contribution is 2.14. The number of para-hydroxylation sites is 2. The van der Waals surface area contributed by atoms with Crippen LogP contribution in [0.2, 0.25) is 0 Å². The van der Waals surface area contributed by atoms with Crippen LogP contribution < -0.4 is 4.74 Å². The average Bonchev–Trinajstić information content (AvgIpc) is 2.97. The number of aliphatic hydroxyl groups is 1. The lowest BCUT2D eigenvalue weighted by molar-refractivity contribution is 0.0934. The SMILES string of the molecule is N#Cc1ccc(OCC(O)Cn2cnc3ccccc32)cc1. The van der Waals surface area contributed by atoms with Crippen molar-refractivity contribution in [3.63, 3.8) is 0 Å². The van der Waals surface area contributed by atoms with E-state index in [0.717, 1.165) is 11.0 Å². The number of rotatable bonds is 5. The zero-order valence-electron chi connectivity index (χ0n) is 11.9. The monoisotopic (exact) mass is 293 g/mol. The molecule has 1 N–H and O–H groups in total. The largest absolute Gasteiger partial charge is 0.491 e. The third-order valence-electron chi connectivity index (χ3n) is 3.36. The average molecular weight is 293 g/mol. The number of aromatic nitrogens is 2. The third-order valence-corrected chi connectivity index (χ3v) is 3.36. The number of hydrogen-bond acceptors (Lipinski definition) is 4. The van der Waals surface area contributed by atoms with Gasteiger partial charge in [0, 0.05) is 0 Å². The van der Waals surface area contributed by atoms with E-state index in [4.69, 9.17) is 10.00 Å². The zero-order chi connectivity index (χ0) is 15.4. The number of nitriles is 1. The molecule has 22 heavy (non-hydrogen) atoms. The smallest absolute Gasteiger partial charge is 0.119 e. The van der Waals surface area contributed by atoms with Crippen molar-refractivity contribution in [1.82, 2.24) is 9.55 Å². The van der Waals surface area contributed by atoms with Crippen LogP contribution in [0.5, 0.6) is 5.75 Å². The Bertz CT molecular complexity index is 803. The summed E-state index contributed by atoms with van der Waals surface area (Å²) >= 11 is 0. The summed E-state index contributed by atoms with van der Waals surface area (Å²) in [6.45, 7) is 0.592. The molecule has 5 nitrogen and oxygen atoms in total. The molecule has 0 bridgehead atoms. The van der Waals surface area contributed by atoms with Crippen molar-refractivity contribution in [3.8, 4) is 11.8 Å². The van der Waals surface area contributed by atoms with Crippen LogP contribution in [0.4, 0.5) is 0 Å². The lowest BCUT2D eigenvalue weighted by atomic mass is 10.2. The number of fused-ring (bicyclic) bond motifs is 1. The lowest BCUT2D eigenvalue weighted by Crippen LogP contribution is -2.23. The van der Waals surface area contributed by atoms with Gasteiger partial charge in [-0.05, 0) is 36.4 Å². The predicted octanol–water partition coefficient (Wildman–Crippen LogP) is 2.35. The van der Waals surface area contributed by atoms with Crippen LogP contribution >= 0.6 is 0 Å². The first-order chi connectivity index (χ1) is 10.8. The van der Waals surface area contributed by atoms with Crippen molar-refractivity contribution in [2.45, 2.75) is 12.6 Å². The highest BCUT2D eigenvalue weighted by atomic mass is 16.5. The topological polar surface area (TPSA) is 71.1 Å². The quantitative estimate of drug-likeness (QED) is 0.784. The number of nitrogens with zero attached hydrogens (tertiary/aromatic N) is 3. The molecule has 0 aliphatic carbocycles. The molecule has 0 amide bonds. The molecule has 1 heterocycles. The maximum absolute atomic E-state index is 10.1. The van der Waals surface area contributed by atoms with Crippen molar-refractivity contribution in [2.75, 3.05) is 6.61 Å². The van der Waals surface area contributed by atoms with Gasteiger partial charge in [-0.2, -0.15) is 5.26 Å². The molecule has 1 aromatic heterocycles. The van der Waals surface area contributed by atoms with E-state index >= 15 is 0 Å². The minimum Gasteiger partial charge on any atom is -0.491 e. The van der Waals surface area contributed by atoms with Crippen molar-refractivity contribution < 1.29 is 9.84 Å². The second kappa shape index (κ2) is 6.29. The summed E-state index contributed by atoms with van der Waals surface area (Å²) < 4.78 is 7.44. The Morgan fingerprint density at radius 3 is 2.73 bits per heavy atom. The summed E-state index contributed by atoms with van der Waals surface area (Å²) in [6.07, 6.45) is 1.07. The van der Waals surface area contributed by atoms with E-state index in [1.807, 2.05) is 28.8 Å². The van der Waals surface area contributed by atoms with Crippen LogP contribution in [-0.2, 0) is 6.54 Å². The van der Waals surface area contributed by atoms with Gasteiger partial charge in [-0.3, -0.25) is 0 Å². The summed E-state index contributed by atoms with van der Waals surface area (Å²) in [5.41, 5.74) is 2.47. The first-order valence-corrected chi connectivity index (χ1v) is 6.97. The van der Waals surface area contributed by atoms with Crippen molar-refractivity contribution in [2.24, 2.45) is 0 Å². The van der Waals surface area contributed by atoms with Gasteiger partial charge in [-0.15, -0.1) is 0 Å². The van der Waals surface area contributed by atoms with Crippen molar-refractivity contribution in [1.29, 1.82) is 5.26 Å². The molecule has 0 spiro atoms. The van der Waals surface area contributed by atoms with Gasteiger partial charge in [-0.1, -0.05) is 12.1 Å². The molecule has 0 aliphatic heterocycles. The van der Waals surface area contributed by atoms with Gasteiger partial charge in [0.1, 0.15) is 18.5 Å². The first kappa shape index (κ1) is 14.1. The van der Waals surface area contributed by atoms with Crippen molar-refractivity contribution >= 4 is 11.0 Å². The normalized spacial score (nSPS) is 12.0. The summed E-state index contributed by atoms with van der Waals surface area (Å²) in [5.74, 6) is 0.633. The van der Waals surface area contributed by atoms with E-state index in [1.165, 1.54) is 0 Å². The highest BCUT2D eigenvalue weighted by Gasteiger charge is 2.09. The number of benzene rings is 2. The predicted molar refractivity (Wildman–Crippen MR) is 82.4 cm³/mol. The van der Waals surface area contributed by atoms with E-state index in [0.29, 0.717) is 17.9 Å². The minimum absolute atomic E-state index is 0.179. The molecule has 0 fully saturated rings. The Morgan fingerprint density at radius 1 is 1.18 bits per heavy atom. The van der Waals surface area contributed by atoms with Gasteiger partial charge < -0.3 is 14.4 Å². The van der Waals surface area contributed by atoms with E-state index in [2.05, 4.69) is 11.1 Å². The van der Waals surface area contributed by atoms with Gasteiger partial charge in [0.25, 0.3) is 0 Å². The van der Waals surface area contributed by atoms with E-state index in [1.54, 1.807) is 30.6 Å². The molecule has 3 rings (SSSR count). The number of imidazole rings is 1. The molecule has 2 aromatic carbocycles. The van der Waals surface area contributed by atoms with Gasteiger partial charge in [0.2, 0.25) is 0 Å². The fourth-order valence-electron chi connectivity index (χ4n) is 2.25. The molecular weight excluding hydrogens is 278 g/mol. The molecule has 1 unspecified atom stereocenters. The Morgan fingerprint density at radius 2 is 1.95 bits per heavy atom.